The number of hydrogen-bond donors (Lipinski definition) is 2. The first kappa shape index (κ1) is 21.3. The highest BCUT2D eigenvalue weighted by Crippen LogP contribution is 2.24. The molecule has 0 spiro atoms. The van der Waals surface area contributed by atoms with Crippen LogP contribution in [0.3, 0.4) is 0 Å². The van der Waals surface area contributed by atoms with E-state index in [-0.39, 0.29) is 11.8 Å². The molecule has 8 nitrogen and oxygen atoms in total. The Balaban J connectivity index is 1.40. The van der Waals surface area contributed by atoms with Crippen LogP contribution in [0.25, 0.3) is 11.4 Å². The second kappa shape index (κ2) is 9.03. The summed E-state index contributed by atoms with van der Waals surface area (Å²) in [4.78, 5) is 30.3. The van der Waals surface area contributed by atoms with E-state index in [2.05, 4.69) is 20.7 Å². The van der Waals surface area contributed by atoms with Crippen LogP contribution < -0.4 is 15.4 Å². The van der Waals surface area contributed by atoms with E-state index in [1.54, 1.807) is 61.6 Å². The van der Waals surface area contributed by atoms with E-state index < -0.39 is 0 Å². The first-order chi connectivity index (χ1) is 15.4. The molecular formula is C23H21N5O3S. The lowest BCUT2D eigenvalue weighted by atomic mass is 10.2. The van der Waals surface area contributed by atoms with Crippen molar-refractivity contribution in [2.45, 2.75) is 6.92 Å². The SMILES string of the molecule is COc1ccc(NC(=O)c2ccc(C(=O)Nc3ccc(-c4ncn(C)n4)cc3)s2)c(C)c1. The molecule has 0 atom stereocenters. The van der Waals surface area contributed by atoms with Crippen LogP contribution in [0.5, 0.6) is 5.75 Å². The monoisotopic (exact) mass is 447 g/mol. The zero-order valence-corrected chi connectivity index (χ0v) is 18.6. The fourth-order valence-corrected chi connectivity index (χ4v) is 3.83. The van der Waals surface area contributed by atoms with E-state index >= 15 is 0 Å². The summed E-state index contributed by atoms with van der Waals surface area (Å²) in [5.41, 5.74) is 3.07. The lowest BCUT2D eigenvalue weighted by Gasteiger charge is -2.09. The first-order valence-electron chi connectivity index (χ1n) is 9.76. The van der Waals surface area contributed by atoms with Gasteiger partial charge in [-0.1, -0.05) is 0 Å². The molecule has 0 aliphatic carbocycles. The number of nitrogens with zero attached hydrogens (tertiary/aromatic N) is 3. The Bertz CT molecular complexity index is 1280. The van der Waals surface area contributed by atoms with Crippen LogP contribution in [-0.2, 0) is 7.05 Å². The van der Waals surface area contributed by atoms with Crippen molar-refractivity contribution in [1.29, 1.82) is 0 Å². The number of aryl methyl sites for hydroxylation is 2. The Hall–Kier alpha value is -3.98. The fraction of sp³-hybridized carbons (Fsp3) is 0.130. The molecule has 2 heterocycles. The second-order valence-corrected chi connectivity index (χ2v) is 8.16. The third-order valence-corrected chi connectivity index (χ3v) is 5.82. The highest BCUT2D eigenvalue weighted by Gasteiger charge is 2.15. The predicted octanol–water partition coefficient (Wildman–Crippen LogP) is 4.37. The summed E-state index contributed by atoms with van der Waals surface area (Å²) in [6.45, 7) is 1.89. The Labute approximate surface area is 188 Å². The summed E-state index contributed by atoms with van der Waals surface area (Å²) >= 11 is 1.13. The molecule has 0 bridgehead atoms. The highest BCUT2D eigenvalue weighted by molar-refractivity contribution is 7.16. The van der Waals surface area contributed by atoms with E-state index in [1.807, 2.05) is 25.1 Å². The van der Waals surface area contributed by atoms with Crippen LogP contribution in [0.15, 0.2) is 60.9 Å². The highest BCUT2D eigenvalue weighted by atomic mass is 32.1. The number of benzene rings is 2. The van der Waals surface area contributed by atoms with E-state index in [1.165, 1.54) is 0 Å². The molecule has 162 valence electrons. The number of thiophene rings is 1. The zero-order valence-electron chi connectivity index (χ0n) is 17.7. The Morgan fingerprint density at radius 1 is 0.969 bits per heavy atom. The van der Waals surface area contributed by atoms with Crippen LogP contribution in [-0.4, -0.2) is 33.7 Å². The van der Waals surface area contributed by atoms with Gasteiger partial charge in [-0.2, -0.15) is 5.10 Å². The number of nitrogens with one attached hydrogen (secondary N) is 2. The molecule has 2 aromatic carbocycles. The number of hydrogen-bond acceptors (Lipinski definition) is 6. The smallest absolute Gasteiger partial charge is 0.265 e. The van der Waals surface area contributed by atoms with Crippen LogP contribution in [0, 0.1) is 6.92 Å². The number of rotatable bonds is 6. The third-order valence-electron chi connectivity index (χ3n) is 4.74. The first-order valence-corrected chi connectivity index (χ1v) is 10.6. The summed E-state index contributed by atoms with van der Waals surface area (Å²) < 4.78 is 6.82. The number of methoxy groups -OCH3 is 1. The maximum Gasteiger partial charge on any atom is 0.265 e. The molecular weight excluding hydrogens is 426 g/mol. The van der Waals surface area contributed by atoms with Crippen molar-refractivity contribution in [3.8, 4) is 17.1 Å². The largest absolute Gasteiger partial charge is 0.497 e. The van der Waals surface area contributed by atoms with Gasteiger partial charge in [0.1, 0.15) is 12.1 Å². The van der Waals surface area contributed by atoms with Gasteiger partial charge < -0.3 is 15.4 Å². The van der Waals surface area contributed by atoms with Gasteiger partial charge >= 0.3 is 0 Å². The van der Waals surface area contributed by atoms with Crippen molar-refractivity contribution in [2.24, 2.45) is 7.05 Å². The van der Waals surface area contributed by atoms with E-state index in [9.17, 15) is 9.59 Å². The normalized spacial score (nSPS) is 10.6. The van der Waals surface area contributed by atoms with Crippen molar-refractivity contribution < 1.29 is 14.3 Å². The number of anilines is 2. The molecule has 2 amide bonds. The van der Waals surface area contributed by atoms with E-state index in [0.717, 1.165) is 28.2 Å². The zero-order chi connectivity index (χ0) is 22.7. The van der Waals surface area contributed by atoms with Gasteiger partial charge in [0.25, 0.3) is 11.8 Å². The molecule has 0 unspecified atom stereocenters. The van der Waals surface area contributed by atoms with Crippen molar-refractivity contribution in [2.75, 3.05) is 17.7 Å². The topological polar surface area (TPSA) is 98.1 Å². The van der Waals surface area contributed by atoms with Gasteiger partial charge in [0.15, 0.2) is 5.82 Å². The van der Waals surface area contributed by atoms with Gasteiger partial charge in [0.2, 0.25) is 0 Å². The van der Waals surface area contributed by atoms with Crippen LogP contribution in [0.2, 0.25) is 0 Å². The van der Waals surface area contributed by atoms with Gasteiger partial charge in [-0.15, -0.1) is 11.3 Å². The quantitative estimate of drug-likeness (QED) is 0.458. The van der Waals surface area contributed by atoms with E-state index in [0.29, 0.717) is 27.0 Å². The molecule has 32 heavy (non-hydrogen) atoms. The van der Waals surface area contributed by atoms with Gasteiger partial charge in [0.05, 0.1) is 16.9 Å². The molecule has 4 aromatic rings. The summed E-state index contributed by atoms with van der Waals surface area (Å²) in [6.07, 6.45) is 1.63. The van der Waals surface area contributed by atoms with Crippen LogP contribution >= 0.6 is 11.3 Å². The molecule has 0 fully saturated rings. The molecule has 2 aromatic heterocycles. The lowest BCUT2D eigenvalue weighted by molar-refractivity contribution is 0.102. The molecule has 0 saturated carbocycles. The summed E-state index contributed by atoms with van der Waals surface area (Å²) in [5.74, 6) is 0.791. The molecule has 9 heteroatoms. The van der Waals surface area contributed by atoms with Crippen LogP contribution in [0.1, 0.15) is 24.9 Å². The van der Waals surface area contributed by atoms with Gasteiger partial charge in [0, 0.05) is 24.0 Å². The lowest BCUT2D eigenvalue weighted by Crippen LogP contribution is -2.11. The van der Waals surface area contributed by atoms with Crippen molar-refractivity contribution in [3.63, 3.8) is 0 Å². The van der Waals surface area contributed by atoms with Crippen molar-refractivity contribution >= 4 is 34.5 Å². The molecule has 0 aliphatic rings. The molecule has 4 rings (SSSR count). The Kier molecular flexibility index (Phi) is 6.00. The number of aromatic nitrogens is 3. The summed E-state index contributed by atoms with van der Waals surface area (Å²) in [6, 6.07) is 16.0. The summed E-state index contributed by atoms with van der Waals surface area (Å²) in [5, 5.41) is 9.98. The minimum atomic E-state index is -0.279. The van der Waals surface area contributed by atoms with Crippen LogP contribution in [0.4, 0.5) is 11.4 Å². The average Bonchev–Trinajstić information content (AvgIpc) is 3.45. The fourth-order valence-electron chi connectivity index (χ4n) is 3.04. The van der Waals surface area contributed by atoms with Crippen molar-refractivity contribution in [1.82, 2.24) is 14.8 Å². The number of carbonyl (C=O) groups excluding carboxylic acids is 2. The summed E-state index contributed by atoms with van der Waals surface area (Å²) in [7, 11) is 3.40. The second-order valence-electron chi connectivity index (χ2n) is 7.07. The number of amides is 2. The third kappa shape index (κ3) is 4.68. The molecule has 0 aliphatic heterocycles. The molecule has 2 N–H and O–H groups in total. The Morgan fingerprint density at radius 3 is 2.25 bits per heavy atom. The predicted molar refractivity (Wildman–Crippen MR) is 124 cm³/mol. The number of carbonyl (C=O) groups is 2. The maximum absolute atomic E-state index is 12.6. The maximum atomic E-state index is 12.6. The standard InChI is InChI=1S/C23H21N5O3S/c1-14-12-17(31-3)8-9-18(14)26-23(30)20-11-10-19(32-20)22(29)25-16-6-4-15(5-7-16)21-24-13-28(2)27-21/h4-13H,1-3H3,(H,25,29)(H,26,30). The molecule has 0 saturated heterocycles. The Morgan fingerprint density at radius 2 is 1.66 bits per heavy atom. The van der Waals surface area contributed by atoms with Gasteiger partial charge in [-0.3, -0.25) is 14.3 Å². The van der Waals surface area contributed by atoms with Gasteiger partial charge in [-0.05, 0) is 67.1 Å². The molecule has 0 radical (unpaired) electrons. The minimum absolute atomic E-state index is 0.269. The van der Waals surface area contributed by atoms with Gasteiger partial charge in [-0.25, -0.2) is 4.98 Å². The number of ether oxygens (including phenoxy) is 1. The van der Waals surface area contributed by atoms with Crippen molar-refractivity contribution in [3.05, 3.63) is 76.2 Å². The average molecular weight is 448 g/mol. The minimum Gasteiger partial charge on any atom is -0.497 e. The van der Waals surface area contributed by atoms with E-state index in [4.69, 9.17) is 4.74 Å².